The van der Waals surface area contributed by atoms with Crippen LogP contribution >= 0.6 is 12.2 Å². The second-order valence-electron chi connectivity index (χ2n) is 5.10. The van der Waals surface area contributed by atoms with E-state index in [0.717, 1.165) is 50.2 Å². The van der Waals surface area contributed by atoms with E-state index >= 15 is 0 Å². The number of hydrogen-bond acceptors (Lipinski definition) is 4. The second-order valence-corrected chi connectivity index (χ2v) is 5.54. The normalized spacial score (nSPS) is 13.2. The Labute approximate surface area is 126 Å². The summed E-state index contributed by atoms with van der Waals surface area (Å²) in [6.45, 7) is 4.38. The van der Waals surface area contributed by atoms with Crippen LogP contribution in [0.25, 0.3) is 0 Å². The Morgan fingerprint density at radius 3 is 3.05 bits per heavy atom. The number of nitrogens with zero attached hydrogens (tertiary/aromatic N) is 1. The van der Waals surface area contributed by atoms with Crippen LogP contribution in [0.2, 0.25) is 0 Å². The number of thiocarbonyl (C=S) groups is 1. The lowest BCUT2D eigenvalue weighted by atomic mass is 10.1. The zero-order valence-electron chi connectivity index (χ0n) is 12.1. The molecule has 0 spiro atoms. The van der Waals surface area contributed by atoms with Gasteiger partial charge in [-0.15, -0.1) is 0 Å². The molecule has 0 saturated carbocycles. The van der Waals surface area contributed by atoms with E-state index in [2.05, 4.69) is 23.3 Å². The maximum atomic E-state index is 5.80. The van der Waals surface area contributed by atoms with Gasteiger partial charge in [0, 0.05) is 18.8 Å². The van der Waals surface area contributed by atoms with Crippen molar-refractivity contribution in [1.82, 2.24) is 4.98 Å². The molecule has 1 heterocycles. The van der Waals surface area contributed by atoms with Crippen molar-refractivity contribution in [3.8, 4) is 0 Å². The predicted octanol–water partition coefficient (Wildman–Crippen LogP) is 2.43. The monoisotopic (exact) mass is 293 g/mol. The highest BCUT2D eigenvalue weighted by molar-refractivity contribution is 7.80. The Balaban J connectivity index is 1.94. The van der Waals surface area contributed by atoms with Crippen LogP contribution in [0.15, 0.2) is 6.07 Å². The first kappa shape index (κ1) is 15.2. The Morgan fingerprint density at radius 1 is 1.45 bits per heavy atom. The van der Waals surface area contributed by atoms with Gasteiger partial charge in [0.05, 0.1) is 12.2 Å². The standard InChI is InChI=1S/C15H23N3OS/c1-2-3-8-19-9-7-17-15-12(14(16)20)10-11-5-4-6-13(11)18-15/h10H,2-9H2,1H3,(H2,16,20)(H,17,18). The molecule has 4 nitrogen and oxygen atoms in total. The first-order valence-electron chi connectivity index (χ1n) is 7.36. The molecule has 1 aliphatic carbocycles. The first-order valence-corrected chi connectivity index (χ1v) is 7.77. The molecule has 0 bridgehead atoms. The molecule has 0 amide bonds. The molecule has 1 aromatic rings. The van der Waals surface area contributed by atoms with Crippen molar-refractivity contribution in [2.45, 2.75) is 39.0 Å². The van der Waals surface area contributed by atoms with E-state index in [0.29, 0.717) is 11.6 Å². The zero-order valence-corrected chi connectivity index (χ0v) is 12.9. The fourth-order valence-electron chi connectivity index (χ4n) is 2.38. The van der Waals surface area contributed by atoms with Crippen LogP contribution in [0.3, 0.4) is 0 Å². The maximum absolute atomic E-state index is 5.80. The Morgan fingerprint density at radius 2 is 2.30 bits per heavy atom. The van der Waals surface area contributed by atoms with Gasteiger partial charge in [-0.2, -0.15) is 0 Å². The third-order valence-corrected chi connectivity index (χ3v) is 3.72. The fourth-order valence-corrected chi connectivity index (χ4v) is 2.54. The van der Waals surface area contributed by atoms with E-state index in [1.807, 2.05) is 0 Å². The summed E-state index contributed by atoms with van der Waals surface area (Å²) in [4.78, 5) is 5.08. The highest BCUT2D eigenvalue weighted by Crippen LogP contribution is 2.25. The largest absolute Gasteiger partial charge is 0.389 e. The van der Waals surface area contributed by atoms with Gasteiger partial charge in [0.1, 0.15) is 10.8 Å². The summed E-state index contributed by atoms with van der Waals surface area (Å²) >= 11 is 5.12. The number of nitrogens with two attached hydrogens (primary N) is 1. The average Bonchev–Trinajstić information content (AvgIpc) is 2.88. The number of unbranched alkanes of at least 4 members (excludes halogenated alkanes) is 1. The highest BCUT2D eigenvalue weighted by atomic mass is 32.1. The molecular weight excluding hydrogens is 270 g/mol. The summed E-state index contributed by atoms with van der Waals surface area (Å²) in [7, 11) is 0. The summed E-state index contributed by atoms with van der Waals surface area (Å²) < 4.78 is 5.53. The lowest BCUT2D eigenvalue weighted by molar-refractivity contribution is 0.141. The van der Waals surface area contributed by atoms with Gasteiger partial charge < -0.3 is 15.8 Å². The van der Waals surface area contributed by atoms with Crippen LogP contribution in [0.1, 0.15) is 43.0 Å². The SMILES string of the molecule is CCCCOCCNc1nc2c(cc1C(N)=S)CCC2. The van der Waals surface area contributed by atoms with Gasteiger partial charge in [-0.1, -0.05) is 25.6 Å². The number of aryl methyl sites for hydroxylation is 2. The molecule has 0 fully saturated rings. The second kappa shape index (κ2) is 7.55. The van der Waals surface area contributed by atoms with E-state index in [1.54, 1.807) is 0 Å². The lowest BCUT2D eigenvalue weighted by Crippen LogP contribution is -2.18. The van der Waals surface area contributed by atoms with Crippen LogP contribution < -0.4 is 11.1 Å². The molecule has 3 N–H and O–H groups in total. The van der Waals surface area contributed by atoms with E-state index in [9.17, 15) is 0 Å². The van der Waals surface area contributed by atoms with Gasteiger partial charge in [-0.05, 0) is 37.3 Å². The molecule has 0 atom stereocenters. The molecule has 0 aromatic carbocycles. The lowest BCUT2D eigenvalue weighted by Gasteiger charge is -2.13. The van der Waals surface area contributed by atoms with Crippen LogP contribution in [-0.4, -0.2) is 29.7 Å². The van der Waals surface area contributed by atoms with Crippen LogP contribution in [0.4, 0.5) is 5.82 Å². The van der Waals surface area contributed by atoms with Crippen molar-refractivity contribution in [1.29, 1.82) is 0 Å². The topological polar surface area (TPSA) is 60.2 Å². The summed E-state index contributed by atoms with van der Waals surface area (Å²) in [6.07, 6.45) is 5.57. The molecule has 20 heavy (non-hydrogen) atoms. The molecule has 110 valence electrons. The Bertz CT molecular complexity index is 476. The van der Waals surface area contributed by atoms with Crippen molar-refractivity contribution in [3.05, 3.63) is 22.9 Å². The first-order chi connectivity index (χ1) is 9.72. The molecule has 2 rings (SSSR count). The number of pyridine rings is 1. The summed E-state index contributed by atoms with van der Waals surface area (Å²) in [5.41, 5.74) is 9.12. The van der Waals surface area contributed by atoms with Crippen molar-refractivity contribution in [2.24, 2.45) is 5.73 Å². The number of anilines is 1. The molecule has 0 aliphatic heterocycles. The van der Waals surface area contributed by atoms with E-state index in [-0.39, 0.29) is 0 Å². The van der Waals surface area contributed by atoms with Crippen LogP contribution in [0.5, 0.6) is 0 Å². The van der Waals surface area contributed by atoms with E-state index < -0.39 is 0 Å². The highest BCUT2D eigenvalue weighted by Gasteiger charge is 2.17. The van der Waals surface area contributed by atoms with Crippen LogP contribution in [-0.2, 0) is 17.6 Å². The molecule has 1 aromatic heterocycles. The summed E-state index contributed by atoms with van der Waals surface area (Å²) in [5, 5.41) is 3.30. The molecule has 0 radical (unpaired) electrons. The Kier molecular flexibility index (Phi) is 5.73. The van der Waals surface area contributed by atoms with Gasteiger partial charge in [0.15, 0.2) is 0 Å². The van der Waals surface area contributed by atoms with Crippen molar-refractivity contribution < 1.29 is 4.74 Å². The number of rotatable bonds is 8. The van der Waals surface area contributed by atoms with Gasteiger partial charge in [-0.25, -0.2) is 4.98 Å². The quantitative estimate of drug-likeness (QED) is 0.569. The van der Waals surface area contributed by atoms with E-state index in [1.165, 1.54) is 17.7 Å². The maximum Gasteiger partial charge on any atom is 0.136 e. The molecular formula is C15H23N3OS. The average molecular weight is 293 g/mol. The summed E-state index contributed by atoms with van der Waals surface area (Å²) in [5.74, 6) is 0.803. The predicted molar refractivity (Wildman–Crippen MR) is 86.4 cm³/mol. The van der Waals surface area contributed by atoms with E-state index in [4.69, 9.17) is 22.7 Å². The van der Waals surface area contributed by atoms with Gasteiger partial charge in [0.2, 0.25) is 0 Å². The smallest absolute Gasteiger partial charge is 0.136 e. The summed E-state index contributed by atoms with van der Waals surface area (Å²) in [6, 6.07) is 2.10. The van der Waals surface area contributed by atoms with Gasteiger partial charge >= 0.3 is 0 Å². The van der Waals surface area contributed by atoms with Crippen LogP contribution in [0, 0.1) is 0 Å². The van der Waals surface area contributed by atoms with Crippen molar-refractivity contribution in [2.75, 3.05) is 25.1 Å². The van der Waals surface area contributed by atoms with Gasteiger partial charge in [-0.3, -0.25) is 0 Å². The molecule has 0 unspecified atom stereocenters. The van der Waals surface area contributed by atoms with Crippen molar-refractivity contribution in [3.63, 3.8) is 0 Å². The minimum atomic E-state index is 0.404. The number of ether oxygens (including phenoxy) is 1. The zero-order chi connectivity index (χ0) is 14.4. The third kappa shape index (κ3) is 3.90. The number of hydrogen-bond donors (Lipinski definition) is 2. The van der Waals surface area contributed by atoms with Crippen molar-refractivity contribution >= 4 is 23.0 Å². The minimum absolute atomic E-state index is 0.404. The number of fused-ring (bicyclic) bond motifs is 1. The Hall–Kier alpha value is -1.20. The fraction of sp³-hybridized carbons (Fsp3) is 0.600. The molecule has 1 aliphatic rings. The minimum Gasteiger partial charge on any atom is -0.389 e. The molecule has 5 heteroatoms. The molecule has 0 saturated heterocycles. The number of aromatic nitrogens is 1. The van der Waals surface area contributed by atoms with Gasteiger partial charge in [0.25, 0.3) is 0 Å². The number of nitrogens with one attached hydrogen (secondary N) is 1. The third-order valence-electron chi connectivity index (χ3n) is 3.50.